The molecule has 6 heteroatoms. The summed E-state index contributed by atoms with van der Waals surface area (Å²) in [5.74, 6) is 0.948. The largest absolute Gasteiger partial charge is 0.465 e. The molecule has 2 N–H and O–H groups in total. The van der Waals surface area contributed by atoms with Crippen molar-refractivity contribution in [2.75, 3.05) is 20.1 Å². The summed E-state index contributed by atoms with van der Waals surface area (Å²) in [7, 11) is 1.52. The van der Waals surface area contributed by atoms with E-state index < -0.39 is 12.1 Å². The van der Waals surface area contributed by atoms with E-state index >= 15 is 0 Å². The maximum Gasteiger partial charge on any atom is 0.407 e. The minimum Gasteiger partial charge on any atom is -0.465 e. The molecule has 1 heterocycles. The first-order valence-electron chi connectivity index (χ1n) is 12.2. The van der Waals surface area contributed by atoms with Crippen LogP contribution in [0.3, 0.4) is 0 Å². The van der Waals surface area contributed by atoms with Gasteiger partial charge in [0, 0.05) is 32.7 Å². The Balaban J connectivity index is 1.55. The quantitative estimate of drug-likeness (QED) is 0.547. The zero-order chi connectivity index (χ0) is 23.3. The summed E-state index contributed by atoms with van der Waals surface area (Å²) in [6.45, 7) is 9.65. The number of rotatable bonds is 9. The lowest BCUT2D eigenvalue weighted by molar-refractivity contribution is -0.126. The first kappa shape index (κ1) is 24.6. The van der Waals surface area contributed by atoms with Gasteiger partial charge in [0.25, 0.3) is 0 Å². The molecule has 0 spiro atoms. The van der Waals surface area contributed by atoms with E-state index in [4.69, 9.17) is 0 Å². The average Bonchev–Trinajstić information content (AvgIpc) is 3.28. The number of fused-ring (bicyclic) bond motifs is 1. The number of carbonyl (C=O) groups excluding carboxylic acids is 1. The monoisotopic (exact) mass is 443 g/mol. The Morgan fingerprint density at radius 2 is 1.88 bits per heavy atom. The molecule has 0 bridgehead atoms. The number of carboxylic acid groups (broad SMARTS) is 1. The Morgan fingerprint density at radius 3 is 2.53 bits per heavy atom. The molecule has 2 amide bonds. The fourth-order valence-corrected chi connectivity index (χ4v) is 5.41. The zero-order valence-corrected chi connectivity index (χ0v) is 20.2. The Hall–Kier alpha value is -2.08. The van der Waals surface area contributed by atoms with Gasteiger partial charge in [-0.15, -0.1) is 0 Å². The van der Waals surface area contributed by atoms with Crippen molar-refractivity contribution >= 4 is 12.0 Å². The van der Waals surface area contributed by atoms with Gasteiger partial charge in [-0.25, -0.2) is 4.79 Å². The van der Waals surface area contributed by atoms with Gasteiger partial charge in [0.05, 0.1) is 0 Å². The number of nitrogens with one attached hydrogen (secondary N) is 1. The minimum atomic E-state index is -1.04. The smallest absolute Gasteiger partial charge is 0.407 e. The molecule has 0 radical (unpaired) electrons. The number of benzene rings is 1. The lowest BCUT2D eigenvalue weighted by atomic mass is 9.89. The summed E-state index contributed by atoms with van der Waals surface area (Å²) in [6.07, 6.45) is 4.59. The van der Waals surface area contributed by atoms with Gasteiger partial charge in [0.2, 0.25) is 5.91 Å². The molecule has 1 aliphatic heterocycles. The van der Waals surface area contributed by atoms with Crippen LogP contribution in [0.1, 0.15) is 64.9 Å². The molecule has 1 aromatic rings. The standard InChI is InChI=1S/C26H41N3O3/c1-26(2,3)15-9-8-12-23(28(4)25(31)32)24(30)27-22-14-13-20-17-29(18-21(20)22)16-19-10-6-5-7-11-19/h5-7,10-11,20-23H,8-9,12-18H2,1-4H3,(H,27,30)(H,31,32)/t20-,21+,22+,23+/m1/s1. The molecule has 1 saturated carbocycles. The number of likely N-dealkylation sites (N-methyl/N-ethyl adjacent to an activating group) is 1. The topological polar surface area (TPSA) is 72.9 Å². The lowest BCUT2D eigenvalue weighted by Gasteiger charge is -2.29. The second kappa shape index (κ2) is 10.7. The molecule has 32 heavy (non-hydrogen) atoms. The van der Waals surface area contributed by atoms with E-state index in [9.17, 15) is 14.7 Å². The van der Waals surface area contributed by atoms with Crippen LogP contribution in [0, 0.1) is 17.3 Å². The SMILES string of the molecule is CN(C(=O)O)[C@@H](CCCCC(C)(C)C)C(=O)N[C@H]1CC[C@@H]2CN(Cc3ccccc3)C[C@@H]21. The Kier molecular flexibility index (Phi) is 8.21. The molecular weight excluding hydrogens is 402 g/mol. The van der Waals surface area contributed by atoms with Crippen LogP contribution in [-0.4, -0.2) is 59.1 Å². The van der Waals surface area contributed by atoms with Gasteiger partial charge in [0.15, 0.2) is 0 Å². The van der Waals surface area contributed by atoms with E-state index in [-0.39, 0.29) is 17.4 Å². The lowest BCUT2D eigenvalue weighted by Crippen LogP contribution is -2.51. The van der Waals surface area contributed by atoms with Crippen molar-refractivity contribution in [3.63, 3.8) is 0 Å². The number of hydrogen-bond acceptors (Lipinski definition) is 3. The first-order chi connectivity index (χ1) is 15.1. The van der Waals surface area contributed by atoms with Crippen molar-refractivity contribution in [3.05, 3.63) is 35.9 Å². The summed E-state index contributed by atoms with van der Waals surface area (Å²) >= 11 is 0. The van der Waals surface area contributed by atoms with Crippen molar-refractivity contribution in [2.24, 2.45) is 17.3 Å². The molecule has 178 valence electrons. The Morgan fingerprint density at radius 1 is 1.16 bits per heavy atom. The third kappa shape index (κ3) is 6.71. The third-order valence-corrected chi connectivity index (χ3v) is 7.24. The van der Waals surface area contributed by atoms with Crippen molar-refractivity contribution in [3.8, 4) is 0 Å². The van der Waals surface area contributed by atoms with Crippen molar-refractivity contribution in [1.82, 2.24) is 15.1 Å². The number of unbranched alkanes of at least 4 members (excludes halogenated alkanes) is 1. The first-order valence-corrected chi connectivity index (χ1v) is 12.2. The predicted molar refractivity (Wildman–Crippen MR) is 127 cm³/mol. The normalized spacial score (nSPS) is 24.2. The van der Waals surface area contributed by atoms with Gasteiger partial charge in [-0.3, -0.25) is 14.6 Å². The fourth-order valence-electron chi connectivity index (χ4n) is 5.41. The van der Waals surface area contributed by atoms with Crippen LogP contribution >= 0.6 is 0 Å². The van der Waals surface area contributed by atoms with Crippen LogP contribution in [0.5, 0.6) is 0 Å². The van der Waals surface area contributed by atoms with E-state index in [1.165, 1.54) is 17.5 Å². The Labute approximate surface area is 193 Å². The number of amides is 2. The molecular formula is C26H41N3O3. The molecule has 2 aliphatic rings. The highest BCUT2D eigenvalue weighted by atomic mass is 16.4. The highest BCUT2D eigenvalue weighted by molar-refractivity contribution is 5.85. The van der Waals surface area contributed by atoms with Gasteiger partial charge < -0.3 is 10.4 Å². The number of likely N-dealkylation sites (tertiary alicyclic amines) is 1. The third-order valence-electron chi connectivity index (χ3n) is 7.24. The number of nitrogens with zero attached hydrogens (tertiary/aromatic N) is 2. The molecule has 0 unspecified atom stereocenters. The van der Waals surface area contributed by atoms with Gasteiger partial charge in [-0.05, 0) is 48.5 Å². The molecule has 1 aliphatic carbocycles. The Bertz CT molecular complexity index is 761. The highest BCUT2D eigenvalue weighted by Crippen LogP contribution is 2.38. The van der Waals surface area contributed by atoms with Gasteiger partial charge in [0.1, 0.15) is 6.04 Å². The fraction of sp³-hybridized carbons (Fsp3) is 0.692. The van der Waals surface area contributed by atoms with Crippen molar-refractivity contribution in [2.45, 2.75) is 77.9 Å². The van der Waals surface area contributed by atoms with Crippen molar-refractivity contribution < 1.29 is 14.7 Å². The molecule has 1 saturated heterocycles. The summed E-state index contributed by atoms with van der Waals surface area (Å²) in [6, 6.07) is 10.1. The molecule has 1 aromatic carbocycles. The summed E-state index contributed by atoms with van der Waals surface area (Å²) in [5, 5.41) is 12.8. The van der Waals surface area contributed by atoms with Crippen LogP contribution in [0.4, 0.5) is 4.79 Å². The van der Waals surface area contributed by atoms with Crippen LogP contribution in [-0.2, 0) is 11.3 Å². The predicted octanol–water partition coefficient (Wildman–Crippen LogP) is 4.60. The van der Waals surface area contributed by atoms with Crippen LogP contribution in [0.25, 0.3) is 0 Å². The second-order valence-electron chi connectivity index (χ2n) is 11.0. The van der Waals surface area contributed by atoms with E-state index in [1.54, 1.807) is 0 Å². The number of carbonyl (C=O) groups is 2. The summed E-state index contributed by atoms with van der Waals surface area (Å²) in [5.41, 5.74) is 1.58. The van der Waals surface area contributed by atoms with Crippen LogP contribution < -0.4 is 5.32 Å². The molecule has 6 nitrogen and oxygen atoms in total. The minimum absolute atomic E-state index is 0.127. The maximum absolute atomic E-state index is 13.2. The van der Waals surface area contributed by atoms with Gasteiger partial charge >= 0.3 is 6.09 Å². The molecule has 4 atom stereocenters. The zero-order valence-electron chi connectivity index (χ0n) is 20.2. The van der Waals surface area contributed by atoms with Gasteiger partial charge in [-0.1, -0.05) is 63.9 Å². The summed E-state index contributed by atoms with van der Waals surface area (Å²) in [4.78, 5) is 28.5. The molecule has 0 aromatic heterocycles. The highest BCUT2D eigenvalue weighted by Gasteiger charge is 2.43. The van der Waals surface area contributed by atoms with E-state index in [1.807, 2.05) is 6.07 Å². The second-order valence-corrected chi connectivity index (χ2v) is 11.0. The molecule has 2 fully saturated rings. The van der Waals surface area contributed by atoms with E-state index in [0.717, 1.165) is 51.7 Å². The van der Waals surface area contributed by atoms with E-state index in [0.29, 0.717) is 18.3 Å². The van der Waals surface area contributed by atoms with Crippen LogP contribution in [0.2, 0.25) is 0 Å². The van der Waals surface area contributed by atoms with Gasteiger partial charge in [-0.2, -0.15) is 0 Å². The maximum atomic E-state index is 13.2. The summed E-state index contributed by atoms with van der Waals surface area (Å²) < 4.78 is 0. The molecule has 3 rings (SSSR count). The van der Waals surface area contributed by atoms with E-state index in [2.05, 4.69) is 55.3 Å². The van der Waals surface area contributed by atoms with Crippen molar-refractivity contribution in [1.29, 1.82) is 0 Å². The average molecular weight is 444 g/mol. The van der Waals surface area contributed by atoms with Crippen LogP contribution in [0.15, 0.2) is 30.3 Å². The number of hydrogen-bond donors (Lipinski definition) is 2.